The Kier molecular flexibility index (Phi) is 18.6. The van der Waals surface area contributed by atoms with Crippen molar-refractivity contribution < 1.29 is 67.7 Å². The molecule has 2 saturated heterocycles. The molecule has 0 saturated carbocycles. The number of anilines is 1. The molecule has 7 heterocycles. The molecule has 6 N–H and O–H groups in total. The van der Waals surface area contributed by atoms with Gasteiger partial charge in [-0.15, -0.1) is 0 Å². The van der Waals surface area contributed by atoms with Gasteiger partial charge in [0.2, 0.25) is 11.7 Å². The van der Waals surface area contributed by atoms with Crippen LogP contribution in [0, 0.1) is 23.3 Å². The molecule has 77 heavy (non-hydrogen) atoms. The number of nitrogens with two attached hydrogens (primary N) is 2. The number of allylic oxidation sites excluding steroid dienone is 1. The number of likely N-dealkylation sites (tertiary alicyclic amines) is 2. The molecule has 20 nitrogen and oxygen atoms in total. The van der Waals surface area contributed by atoms with Crippen LogP contribution >= 0.6 is 0 Å². The van der Waals surface area contributed by atoms with Crippen LogP contribution in [0.5, 0.6) is 0 Å². The van der Waals surface area contributed by atoms with Gasteiger partial charge in [-0.05, 0) is 97.6 Å². The van der Waals surface area contributed by atoms with E-state index in [-0.39, 0.29) is 88.3 Å². The van der Waals surface area contributed by atoms with Crippen molar-refractivity contribution in [2.75, 3.05) is 45.6 Å². The second-order valence-electron chi connectivity index (χ2n) is 20.1. The van der Waals surface area contributed by atoms with Crippen LogP contribution in [0.4, 0.5) is 33.1 Å². The zero-order chi connectivity index (χ0) is 55.1. The van der Waals surface area contributed by atoms with E-state index in [2.05, 4.69) is 30.2 Å². The van der Waals surface area contributed by atoms with Crippen molar-refractivity contribution in [3.8, 4) is 33.9 Å². The highest BCUT2D eigenvalue weighted by atomic mass is 35.5. The average molecular weight is 1090 g/mol. The second-order valence-corrected chi connectivity index (χ2v) is 20.1. The number of piperidine rings is 2. The maximum Gasteiger partial charge on any atom is 0.410 e. The number of hydrogen-bond donors (Lipinski definition) is 4. The number of carbonyl (C=O) groups excluding carboxylic acids is 3. The number of carbonyl (C=O) groups is 3. The zero-order valence-corrected chi connectivity index (χ0v) is 44.6. The summed E-state index contributed by atoms with van der Waals surface area (Å²) in [6.45, 7) is 13.6. The van der Waals surface area contributed by atoms with Crippen LogP contribution in [0.2, 0.25) is 0 Å². The summed E-state index contributed by atoms with van der Waals surface area (Å²) in [7, 11) is 3.54. The van der Waals surface area contributed by atoms with Gasteiger partial charge in [0, 0.05) is 100 Å². The third-order valence-corrected chi connectivity index (χ3v) is 11.5. The molecular weight excluding hydrogens is 1030 g/mol. The van der Waals surface area contributed by atoms with Crippen LogP contribution in [0.1, 0.15) is 77.7 Å². The summed E-state index contributed by atoms with van der Waals surface area (Å²) >= 11 is 0. The van der Waals surface area contributed by atoms with Gasteiger partial charge in [0.15, 0.2) is 0 Å². The number of guanidine groups is 1. The summed E-state index contributed by atoms with van der Waals surface area (Å²) in [5, 5.41) is 3.33. The first kappa shape index (κ1) is 58.1. The molecule has 2 aliphatic heterocycles. The normalized spacial score (nSPS) is 14.3. The lowest BCUT2D eigenvalue weighted by molar-refractivity contribution is -0.509. The Hall–Kier alpha value is -8.15. The molecule has 2 aromatic carbocycles. The molecule has 0 spiro atoms. The molecule has 412 valence electrons. The maximum absolute atomic E-state index is 14.6. The number of amides is 2. The largest absolute Gasteiger partial charge is 1.00 e. The van der Waals surface area contributed by atoms with Crippen molar-refractivity contribution in [2.45, 2.75) is 90.5 Å². The van der Waals surface area contributed by atoms with Crippen LogP contribution < -0.4 is 34.2 Å². The van der Waals surface area contributed by atoms with E-state index in [1.807, 2.05) is 41.5 Å². The highest BCUT2D eigenvalue weighted by Crippen LogP contribution is 2.35. The van der Waals surface area contributed by atoms with Crippen LogP contribution in [0.15, 0.2) is 94.7 Å². The first-order chi connectivity index (χ1) is 35.9. The molecule has 0 unspecified atom stereocenters. The summed E-state index contributed by atoms with van der Waals surface area (Å²) < 4.78 is 79.7. The first-order valence-corrected chi connectivity index (χ1v) is 24.3. The Morgan fingerprint density at radius 1 is 0.740 bits per heavy atom. The SMILES string of the molecule is CC(C)(C)OC(=O)N1CCC(Nc2nccc(-c3c(-c4ccc(F)cc4F)nc4occn34)n2)CC1.CC(C)(C)OC(=O)N1CCC([NH+]=C(N)N)CC1.CN(C)C=CC(=O)c1c(-c2ccc(F)cc2F)nc2occn12.[Cl-]. The molecule has 0 atom stereocenters. The van der Waals surface area contributed by atoms with E-state index in [1.165, 1.54) is 47.4 Å². The standard InChI is InChI=1S/C25H26F2N6O3.C16H13F2N3O2.C11H22N4O2.ClH/c1-25(2,3)36-24(34)32-10-7-16(8-11-32)29-22-28-9-6-19(30-22)21-20(31-23-33(21)12-13-35-23)17-5-4-15(26)14-18(17)27;1-20(2)6-5-13(22)15-14(19-16-21(15)7-8-23-16)11-4-3-10(17)9-12(11)18;1-11(2,3)17-10(16)15-6-4-8(5-7-15)14-9(12)13;/h4-6,9,12-14,16H,7-8,10-11H2,1-3H3,(H,28,29,30);3-9H,1-2H3;8H,4-7H2,1-3H3,(H4,12,13,14);1H. The monoisotopic (exact) mass is 1090 g/mol. The number of benzene rings is 2. The van der Waals surface area contributed by atoms with Crippen molar-refractivity contribution in [3.05, 3.63) is 115 Å². The number of halogens is 5. The van der Waals surface area contributed by atoms with E-state index in [4.69, 9.17) is 29.8 Å². The Bertz CT molecular complexity index is 3230. The summed E-state index contributed by atoms with van der Waals surface area (Å²) in [5.74, 6) is -2.23. The van der Waals surface area contributed by atoms with Crippen LogP contribution in [0.25, 0.3) is 45.6 Å². The molecule has 2 fully saturated rings. The molecular formula is C52H62ClF4N13O7. The lowest BCUT2D eigenvalue weighted by Gasteiger charge is -2.33. The highest BCUT2D eigenvalue weighted by Gasteiger charge is 2.30. The minimum atomic E-state index is -0.795. The topological polar surface area (TPSA) is 244 Å². The Labute approximate surface area is 447 Å². The van der Waals surface area contributed by atoms with Crippen LogP contribution in [-0.2, 0) is 9.47 Å². The quantitative estimate of drug-likeness (QED) is 0.0525. The molecule has 5 aromatic heterocycles. The number of nitrogens with one attached hydrogen (secondary N) is 2. The van der Waals surface area contributed by atoms with E-state index >= 15 is 0 Å². The Morgan fingerprint density at radius 3 is 1.77 bits per heavy atom. The van der Waals surface area contributed by atoms with Crippen molar-refractivity contribution in [2.24, 2.45) is 11.5 Å². The number of ketones is 1. The van der Waals surface area contributed by atoms with Gasteiger partial charge in [-0.1, -0.05) is 0 Å². The molecule has 2 amide bonds. The first-order valence-electron chi connectivity index (χ1n) is 24.3. The number of aromatic nitrogens is 6. The molecule has 2 aliphatic rings. The third-order valence-electron chi connectivity index (χ3n) is 11.5. The summed E-state index contributed by atoms with van der Waals surface area (Å²) in [6.07, 6.45) is 13.1. The van der Waals surface area contributed by atoms with Gasteiger partial charge in [-0.25, -0.2) is 37.1 Å². The van der Waals surface area contributed by atoms with Crippen molar-refractivity contribution >= 4 is 41.6 Å². The van der Waals surface area contributed by atoms with Gasteiger partial charge in [0.1, 0.15) is 69.8 Å². The fraction of sp³-hybridized carbons (Fsp3) is 0.385. The average Bonchev–Trinajstić information content (AvgIpc) is 4.19. The number of fused-ring (bicyclic) bond motifs is 2. The van der Waals surface area contributed by atoms with E-state index in [0.717, 1.165) is 31.0 Å². The predicted molar refractivity (Wildman–Crippen MR) is 273 cm³/mol. The van der Waals surface area contributed by atoms with E-state index in [0.29, 0.717) is 56.4 Å². The van der Waals surface area contributed by atoms with Crippen LogP contribution in [-0.4, -0.2) is 131 Å². The Balaban J connectivity index is 0.000000202. The Morgan fingerprint density at radius 2 is 1.25 bits per heavy atom. The molecule has 7 aromatic rings. The van der Waals surface area contributed by atoms with Gasteiger partial charge < -0.3 is 50.7 Å². The third kappa shape index (κ3) is 15.3. The van der Waals surface area contributed by atoms with Crippen molar-refractivity contribution in [1.29, 1.82) is 0 Å². The fourth-order valence-electron chi connectivity index (χ4n) is 8.13. The van der Waals surface area contributed by atoms with Gasteiger partial charge in [0.05, 0.1) is 11.7 Å². The van der Waals surface area contributed by atoms with Gasteiger partial charge in [-0.2, -0.15) is 9.97 Å². The smallest absolute Gasteiger partial charge is 0.410 e. The lowest BCUT2D eigenvalue weighted by atomic mass is 10.1. The van der Waals surface area contributed by atoms with E-state index in [9.17, 15) is 31.9 Å². The van der Waals surface area contributed by atoms with E-state index in [1.54, 1.807) is 57.9 Å². The summed E-state index contributed by atoms with van der Waals surface area (Å²) in [5.41, 5.74) is 11.5. The summed E-state index contributed by atoms with van der Waals surface area (Å²) in [6, 6.07) is 8.46. The predicted octanol–water partition coefficient (Wildman–Crippen LogP) is 4.02. The number of rotatable bonds is 9. The minimum Gasteiger partial charge on any atom is -1.00 e. The molecule has 0 radical (unpaired) electrons. The highest BCUT2D eigenvalue weighted by molar-refractivity contribution is 6.08. The van der Waals surface area contributed by atoms with Crippen LogP contribution in [0.3, 0.4) is 0 Å². The van der Waals surface area contributed by atoms with Crippen molar-refractivity contribution in [3.63, 3.8) is 0 Å². The molecule has 0 bridgehead atoms. The number of hydrogen-bond acceptors (Lipinski definition) is 13. The van der Waals surface area contributed by atoms with Crippen molar-refractivity contribution in [1.82, 2.24) is 43.4 Å². The maximum atomic E-state index is 14.6. The lowest BCUT2D eigenvalue weighted by Crippen LogP contribution is -3.00. The molecule has 25 heteroatoms. The number of imidazole rings is 2. The number of nitrogens with zero attached hydrogens (tertiary/aromatic N) is 9. The fourth-order valence-corrected chi connectivity index (χ4v) is 8.13. The number of ether oxygens (including phenoxy) is 2. The number of oxazole rings is 2. The van der Waals surface area contributed by atoms with E-state index < -0.39 is 34.5 Å². The summed E-state index contributed by atoms with van der Waals surface area (Å²) in [4.78, 5) is 62.2. The van der Waals surface area contributed by atoms with Gasteiger partial charge in [-0.3, -0.25) is 30.1 Å². The second kappa shape index (κ2) is 24.7. The zero-order valence-electron chi connectivity index (χ0n) is 43.8. The van der Waals surface area contributed by atoms with Gasteiger partial charge in [0.25, 0.3) is 0 Å². The minimum absolute atomic E-state index is 0. The van der Waals surface area contributed by atoms with Gasteiger partial charge >= 0.3 is 29.8 Å². The molecule has 0 aliphatic carbocycles. The molecule has 9 rings (SSSR count).